The van der Waals surface area contributed by atoms with Crippen LogP contribution in [-0.4, -0.2) is 0 Å². The minimum absolute atomic E-state index is 0.00551. The van der Waals surface area contributed by atoms with E-state index in [4.69, 9.17) is 0 Å². The summed E-state index contributed by atoms with van der Waals surface area (Å²) in [6, 6.07) is 62.0. The van der Waals surface area contributed by atoms with Gasteiger partial charge in [-0.15, -0.1) is 0 Å². The Labute approximate surface area is 282 Å². The highest BCUT2D eigenvalue weighted by atomic mass is 14.9. The topological polar surface area (TPSA) is 12.0 Å². The predicted octanol–water partition coefficient (Wildman–Crippen LogP) is 13.0. The summed E-state index contributed by atoms with van der Waals surface area (Å²) in [5.41, 5.74) is 15.0. The molecule has 228 valence electrons. The molecule has 0 atom stereocenters. The lowest BCUT2D eigenvalue weighted by atomic mass is 9.82. The van der Waals surface area contributed by atoms with Gasteiger partial charge in [-0.2, -0.15) is 0 Å². The Kier molecular flexibility index (Phi) is 6.55. The van der Waals surface area contributed by atoms with E-state index in [1.165, 1.54) is 77.2 Å². The fraction of sp³-hybridized carbons (Fsp3) is 0.0638. The second-order valence-electron chi connectivity index (χ2n) is 13.5. The van der Waals surface area contributed by atoms with Crippen molar-refractivity contribution >= 4 is 32.9 Å². The third kappa shape index (κ3) is 4.87. The van der Waals surface area contributed by atoms with Crippen molar-refractivity contribution in [3.8, 4) is 44.5 Å². The molecule has 0 unspecified atom stereocenters. The Hall–Kier alpha value is -5.92. The summed E-state index contributed by atoms with van der Waals surface area (Å²) in [5, 5.41) is 8.69. The van der Waals surface area contributed by atoms with Crippen LogP contribution in [0.2, 0.25) is 0 Å². The Morgan fingerprint density at radius 1 is 0.333 bits per heavy atom. The summed E-state index contributed by atoms with van der Waals surface area (Å²) in [4.78, 5) is 0. The molecule has 0 fully saturated rings. The maximum Gasteiger partial charge on any atom is 0.0387 e. The van der Waals surface area contributed by atoms with Gasteiger partial charge < -0.3 is 5.32 Å². The number of nitrogens with one attached hydrogen (secondary N) is 1. The minimum atomic E-state index is -0.00551. The SMILES string of the molecule is CC1(C)c2ccccc2-c2ccc(Nc3ccc(-c4ccc(-c5ccc6cc(-c7ccc8ccccc8c7)ccc6c5)cc4)cc3)cc21. The summed E-state index contributed by atoms with van der Waals surface area (Å²) in [6.45, 7) is 4.65. The summed E-state index contributed by atoms with van der Waals surface area (Å²) in [7, 11) is 0. The van der Waals surface area contributed by atoms with Crippen molar-refractivity contribution in [2.24, 2.45) is 0 Å². The maximum absolute atomic E-state index is 3.64. The van der Waals surface area contributed by atoms with E-state index in [9.17, 15) is 0 Å². The number of hydrogen-bond acceptors (Lipinski definition) is 1. The molecule has 0 aliphatic heterocycles. The van der Waals surface area contributed by atoms with E-state index in [0.29, 0.717) is 0 Å². The van der Waals surface area contributed by atoms with Crippen LogP contribution in [-0.2, 0) is 5.41 Å². The number of benzene rings is 8. The minimum Gasteiger partial charge on any atom is -0.356 e. The molecular weight excluding hydrogens is 579 g/mol. The lowest BCUT2D eigenvalue weighted by Crippen LogP contribution is -2.15. The highest BCUT2D eigenvalue weighted by Crippen LogP contribution is 2.49. The fourth-order valence-electron chi connectivity index (χ4n) is 7.52. The summed E-state index contributed by atoms with van der Waals surface area (Å²) < 4.78 is 0. The van der Waals surface area contributed by atoms with E-state index in [-0.39, 0.29) is 5.41 Å². The molecule has 0 saturated carbocycles. The lowest BCUT2D eigenvalue weighted by Gasteiger charge is -2.22. The molecule has 1 heteroatoms. The highest BCUT2D eigenvalue weighted by molar-refractivity contribution is 5.93. The average molecular weight is 614 g/mol. The van der Waals surface area contributed by atoms with Gasteiger partial charge in [0.05, 0.1) is 0 Å². The van der Waals surface area contributed by atoms with E-state index in [1.54, 1.807) is 0 Å². The molecule has 0 aromatic heterocycles. The van der Waals surface area contributed by atoms with Gasteiger partial charge in [0.15, 0.2) is 0 Å². The normalized spacial score (nSPS) is 13.0. The first-order valence-corrected chi connectivity index (χ1v) is 16.7. The number of anilines is 2. The van der Waals surface area contributed by atoms with Gasteiger partial charge in [-0.1, -0.05) is 141 Å². The quantitative estimate of drug-likeness (QED) is 0.204. The molecule has 0 spiro atoms. The smallest absolute Gasteiger partial charge is 0.0387 e. The first-order valence-electron chi connectivity index (χ1n) is 16.7. The van der Waals surface area contributed by atoms with Crippen LogP contribution in [0.25, 0.3) is 66.1 Å². The van der Waals surface area contributed by atoms with Crippen LogP contribution < -0.4 is 5.32 Å². The lowest BCUT2D eigenvalue weighted by molar-refractivity contribution is 0.660. The molecule has 0 heterocycles. The van der Waals surface area contributed by atoms with Gasteiger partial charge in [0.2, 0.25) is 0 Å². The van der Waals surface area contributed by atoms with E-state index in [1.807, 2.05) is 0 Å². The van der Waals surface area contributed by atoms with Gasteiger partial charge in [0, 0.05) is 16.8 Å². The van der Waals surface area contributed by atoms with Gasteiger partial charge in [0.1, 0.15) is 0 Å². The number of hydrogen-bond donors (Lipinski definition) is 1. The predicted molar refractivity (Wildman–Crippen MR) is 205 cm³/mol. The zero-order valence-electron chi connectivity index (χ0n) is 27.2. The molecule has 0 radical (unpaired) electrons. The molecule has 1 aliphatic carbocycles. The average Bonchev–Trinajstić information content (AvgIpc) is 3.37. The van der Waals surface area contributed by atoms with E-state index >= 15 is 0 Å². The van der Waals surface area contributed by atoms with Crippen molar-refractivity contribution in [3.05, 3.63) is 181 Å². The van der Waals surface area contributed by atoms with Crippen LogP contribution in [0.5, 0.6) is 0 Å². The van der Waals surface area contributed by atoms with Gasteiger partial charge >= 0.3 is 0 Å². The number of rotatable bonds is 5. The molecule has 48 heavy (non-hydrogen) atoms. The summed E-state index contributed by atoms with van der Waals surface area (Å²) in [6.07, 6.45) is 0. The molecule has 0 amide bonds. The van der Waals surface area contributed by atoms with Crippen LogP contribution in [0.4, 0.5) is 11.4 Å². The second kappa shape index (κ2) is 11.1. The van der Waals surface area contributed by atoms with Crippen molar-refractivity contribution in [1.82, 2.24) is 0 Å². The molecule has 1 nitrogen and oxygen atoms in total. The maximum atomic E-state index is 3.64. The Morgan fingerprint density at radius 3 is 1.44 bits per heavy atom. The first kappa shape index (κ1) is 28.3. The standard InChI is InChI=1S/C47H35N/c1-47(2)45-10-6-5-9-43(45)44-26-25-42(30-46(44)47)48-41-23-21-33(22-24-41)32-11-13-34(14-12-32)36-17-18-39-29-40(20-19-38(39)28-36)37-16-15-31-7-3-4-8-35(31)27-37/h3-30,48H,1-2H3. The highest BCUT2D eigenvalue weighted by Gasteiger charge is 2.35. The molecule has 8 aromatic carbocycles. The van der Waals surface area contributed by atoms with E-state index in [2.05, 4.69) is 189 Å². The van der Waals surface area contributed by atoms with E-state index in [0.717, 1.165) is 11.4 Å². The third-order valence-corrected chi connectivity index (χ3v) is 10.2. The van der Waals surface area contributed by atoms with Gasteiger partial charge in [-0.3, -0.25) is 0 Å². The first-order chi connectivity index (χ1) is 23.5. The van der Waals surface area contributed by atoms with Gasteiger partial charge in [0.25, 0.3) is 0 Å². The molecule has 8 aromatic rings. The summed E-state index contributed by atoms with van der Waals surface area (Å²) >= 11 is 0. The zero-order valence-corrected chi connectivity index (χ0v) is 27.2. The molecule has 0 bridgehead atoms. The Bertz CT molecular complexity index is 2480. The van der Waals surface area contributed by atoms with Crippen molar-refractivity contribution in [1.29, 1.82) is 0 Å². The Morgan fingerprint density at radius 2 is 0.771 bits per heavy atom. The van der Waals surface area contributed by atoms with Crippen molar-refractivity contribution in [2.45, 2.75) is 19.3 Å². The van der Waals surface area contributed by atoms with Crippen LogP contribution in [0, 0.1) is 0 Å². The van der Waals surface area contributed by atoms with Crippen LogP contribution in [0.15, 0.2) is 170 Å². The summed E-state index contributed by atoms with van der Waals surface area (Å²) in [5.74, 6) is 0. The second-order valence-corrected chi connectivity index (χ2v) is 13.5. The molecule has 1 N–H and O–H groups in total. The largest absolute Gasteiger partial charge is 0.356 e. The van der Waals surface area contributed by atoms with Crippen LogP contribution >= 0.6 is 0 Å². The van der Waals surface area contributed by atoms with Gasteiger partial charge in [-0.25, -0.2) is 0 Å². The van der Waals surface area contributed by atoms with Gasteiger partial charge in [-0.05, 0) is 120 Å². The molecular formula is C47H35N. The molecule has 1 aliphatic rings. The van der Waals surface area contributed by atoms with Crippen molar-refractivity contribution in [2.75, 3.05) is 5.32 Å². The fourth-order valence-corrected chi connectivity index (χ4v) is 7.52. The third-order valence-electron chi connectivity index (χ3n) is 10.2. The van der Waals surface area contributed by atoms with Crippen molar-refractivity contribution in [3.63, 3.8) is 0 Å². The van der Waals surface area contributed by atoms with Crippen LogP contribution in [0.3, 0.4) is 0 Å². The zero-order chi connectivity index (χ0) is 32.2. The monoisotopic (exact) mass is 613 g/mol. The van der Waals surface area contributed by atoms with Crippen LogP contribution in [0.1, 0.15) is 25.0 Å². The van der Waals surface area contributed by atoms with Crippen molar-refractivity contribution < 1.29 is 0 Å². The number of fused-ring (bicyclic) bond motifs is 5. The molecule has 9 rings (SSSR count). The molecule has 0 saturated heterocycles. The Balaban J connectivity index is 0.913. The van der Waals surface area contributed by atoms with E-state index < -0.39 is 0 Å².